The highest BCUT2D eigenvalue weighted by molar-refractivity contribution is 5.76. The predicted octanol–water partition coefficient (Wildman–Crippen LogP) is 3.05. The average molecular weight is 340 g/mol. The molecular formula is C20H24N2O3. The first-order valence-corrected chi connectivity index (χ1v) is 8.68. The zero-order valence-corrected chi connectivity index (χ0v) is 14.7. The SMILES string of the molecule is COc1cc2c(cc1CNC(=O)CCCc1ccccn1)O[C@H](C)C2. The van der Waals surface area contributed by atoms with Crippen molar-refractivity contribution in [1.29, 1.82) is 0 Å². The number of methoxy groups -OCH3 is 1. The number of fused-ring (bicyclic) bond motifs is 1. The van der Waals surface area contributed by atoms with E-state index in [2.05, 4.69) is 17.2 Å². The molecule has 1 N–H and O–H groups in total. The van der Waals surface area contributed by atoms with Gasteiger partial charge in [-0.15, -0.1) is 0 Å². The Kier molecular flexibility index (Phi) is 5.53. The molecule has 0 fully saturated rings. The van der Waals surface area contributed by atoms with Gasteiger partial charge in [-0.25, -0.2) is 0 Å². The number of amides is 1. The summed E-state index contributed by atoms with van der Waals surface area (Å²) in [4.78, 5) is 16.4. The van der Waals surface area contributed by atoms with Crippen molar-refractivity contribution in [3.63, 3.8) is 0 Å². The highest BCUT2D eigenvalue weighted by Gasteiger charge is 2.21. The highest BCUT2D eigenvalue weighted by Crippen LogP contribution is 2.34. The van der Waals surface area contributed by atoms with Crippen molar-refractivity contribution in [1.82, 2.24) is 10.3 Å². The molecule has 5 nitrogen and oxygen atoms in total. The number of nitrogens with one attached hydrogen (secondary N) is 1. The number of hydrogen-bond acceptors (Lipinski definition) is 4. The third-order valence-electron chi connectivity index (χ3n) is 4.34. The van der Waals surface area contributed by atoms with Gasteiger partial charge in [-0.2, -0.15) is 0 Å². The van der Waals surface area contributed by atoms with Crippen LogP contribution >= 0.6 is 0 Å². The van der Waals surface area contributed by atoms with Crippen LogP contribution in [0.15, 0.2) is 36.5 Å². The Morgan fingerprint density at radius 1 is 1.40 bits per heavy atom. The van der Waals surface area contributed by atoms with E-state index in [1.165, 1.54) is 0 Å². The highest BCUT2D eigenvalue weighted by atomic mass is 16.5. The fourth-order valence-electron chi connectivity index (χ4n) is 3.07. The molecule has 0 saturated carbocycles. The second kappa shape index (κ2) is 8.01. The topological polar surface area (TPSA) is 60.5 Å². The third-order valence-corrected chi connectivity index (χ3v) is 4.34. The second-order valence-electron chi connectivity index (χ2n) is 6.36. The Morgan fingerprint density at radius 2 is 2.28 bits per heavy atom. The number of carbonyl (C=O) groups is 1. The van der Waals surface area contributed by atoms with E-state index in [0.29, 0.717) is 13.0 Å². The summed E-state index contributed by atoms with van der Waals surface area (Å²) in [6.07, 6.45) is 4.94. The van der Waals surface area contributed by atoms with E-state index in [4.69, 9.17) is 9.47 Å². The summed E-state index contributed by atoms with van der Waals surface area (Å²) in [5.41, 5.74) is 3.12. The van der Waals surface area contributed by atoms with Crippen molar-refractivity contribution >= 4 is 5.91 Å². The number of carbonyl (C=O) groups excluding carboxylic acids is 1. The van der Waals surface area contributed by atoms with Crippen LogP contribution in [0.3, 0.4) is 0 Å². The maximum absolute atomic E-state index is 12.1. The summed E-state index contributed by atoms with van der Waals surface area (Å²) >= 11 is 0. The van der Waals surface area contributed by atoms with Crippen molar-refractivity contribution in [3.05, 3.63) is 53.3 Å². The Morgan fingerprint density at radius 3 is 3.04 bits per heavy atom. The Labute approximate surface area is 148 Å². The summed E-state index contributed by atoms with van der Waals surface area (Å²) in [5, 5.41) is 2.97. The first-order chi connectivity index (χ1) is 12.2. The van der Waals surface area contributed by atoms with E-state index < -0.39 is 0 Å². The third kappa shape index (κ3) is 4.50. The number of rotatable bonds is 7. The van der Waals surface area contributed by atoms with Gasteiger partial charge in [-0.05, 0) is 44.0 Å². The smallest absolute Gasteiger partial charge is 0.220 e. The lowest BCUT2D eigenvalue weighted by atomic mass is 10.1. The molecule has 2 heterocycles. The fourth-order valence-corrected chi connectivity index (χ4v) is 3.07. The number of aryl methyl sites for hydroxylation is 1. The Bertz CT molecular complexity index is 731. The standard InChI is InChI=1S/C20H24N2O3/c1-14-10-15-11-18(24-2)16(12-19(15)25-14)13-22-20(23)8-5-7-17-6-3-4-9-21-17/h3-4,6,9,11-12,14H,5,7-8,10,13H2,1-2H3,(H,22,23)/t14-/m1/s1. The molecule has 0 aliphatic carbocycles. The number of nitrogens with zero attached hydrogens (tertiary/aromatic N) is 1. The van der Waals surface area contributed by atoms with Gasteiger partial charge in [0.15, 0.2) is 0 Å². The van der Waals surface area contributed by atoms with Gasteiger partial charge in [-0.1, -0.05) is 6.07 Å². The van der Waals surface area contributed by atoms with Crippen LogP contribution in [0.4, 0.5) is 0 Å². The zero-order valence-electron chi connectivity index (χ0n) is 14.7. The van der Waals surface area contributed by atoms with Crippen molar-refractivity contribution in [3.8, 4) is 11.5 Å². The van der Waals surface area contributed by atoms with E-state index >= 15 is 0 Å². The number of pyridine rings is 1. The molecule has 1 aromatic carbocycles. The van der Waals surface area contributed by atoms with Crippen LogP contribution in [0.2, 0.25) is 0 Å². The molecule has 3 rings (SSSR count). The average Bonchev–Trinajstić information content (AvgIpc) is 2.98. The summed E-state index contributed by atoms with van der Waals surface area (Å²) in [5.74, 6) is 1.73. The largest absolute Gasteiger partial charge is 0.496 e. The molecule has 0 saturated heterocycles. The number of aromatic nitrogens is 1. The van der Waals surface area contributed by atoms with Crippen LogP contribution in [-0.2, 0) is 24.2 Å². The second-order valence-corrected chi connectivity index (χ2v) is 6.36. The lowest BCUT2D eigenvalue weighted by Gasteiger charge is -2.12. The van der Waals surface area contributed by atoms with Gasteiger partial charge in [-0.3, -0.25) is 9.78 Å². The molecule has 0 radical (unpaired) electrons. The van der Waals surface area contributed by atoms with Crippen LogP contribution in [0.5, 0.6) is 11.5 Å². The van der Waals surface area contributed by atoms with Gasteiger partial charge in [0.05, 0.1) is 7.11 Å². The van der Waals surface area contributed by atoms with E-state index in [-0.39, 0.29) is 12.0 Å². The van der Waals surface area contributed by atoms with E-state index in [9.17, 15) is 4.79 Å². The molecule has 1 aliphatic rings. The van der Waals surface area contributed by atoms with E-state index in [0.717, 1.165) is 47.6 Å². The van der Waals surface area contributed by atoms with E-state index in [1.54, 1.807) is 13.3 Å². The minimum Gasteiger partial charge on any atom is -0.496 e. The van der Waals surface area contributed by atoms with Crippen LogP contribution in [0.1, 0.15) is 36.6 Å². The van der Waals surface area contributed by atoms with Gasteiger partial charge in [0.25, 0.3) is 0 Å². The predicted molar refractivity (Wildman–Crippen MR) is 95.8 cm³/mol. The van der Waals surface area contributed by atoms with Gasteiger partial charge < -0.3 is 14.8 Å². The minimum absolute atomic E-state index is 0.0350. The summed E-state index contributed by atoms with van der Waals surface area (Å²) in [6, 6.07) is 9.83. The summed E-state index contributed by atoms with van der Waals surface area (Å²) in [6.45, 7) is 2.49. The number of ether oxygens (including phenoxy) is 2. The Hall–Kier alpha value is -2.56. The molecule has 1 aliphatic heterocycles. The van der Waals surface area contributed by atoms with Gasteiger partial charge in [0.1, 0.15) is 17.6 Å². The molecule has 0 bridgehead atoms. The lowest BCUT2D eigenvalue weighted by molar-refractivity contribution is -0.121. The normalized spacial score (nSPS) is 15.4. The number of hydrogen-bond donors (Lipinski definition) is 1. The first-order valence-electron chi connectivity index (χ1n) is 8.68. The lowest BCUT2D eigenvalue weighted by Crippen LogP contribution is -2.22. The molecule has 1 aromatic heterocycles. The summed E-state index contributed by atoms with van der Waals surface area (Å²) in [7, 11) is 1.65. The van der Waals surface area contributed by atoms with Crippen molar-refractivity contribution in [2.24, 2.45) is 0 Å². The number of benzene rings is 1. The fraction of sp³-hybridized carbons (Fsp3) is 0.400. The van der Waals surface area contributed by atoms with Gasteiger partial charge in [0.2, 0.25) is 5.91 Å². The first kappa shape index (κ1) is 17.3. The molecular weight excluding hydrogens is 316 g/mol. The van der Waals surface area contributed by atoms with Crippen LogP contribution < -0.4 is 14.8 Å². The van der Waals surface area contributed by atoms with Gasteiger partial charge in [0, 0.05) is 42.4 Å². The van der Waals surface area contributed by atoms with E-state index in [1.807, 2.05) is 30.3 Å². The van der Waals surface area contributed by atoms with Crippen LogP contribution in [-0.4, -0.2) is 24.1 Å². The minimum atomic E-state index is 0.0350. The maximum Gasteiger partial charge on any atom is 0.220 e. The quantitative estimate of drug-likeness (QED) is 0.841. The molecule has 5 heteroatoms. The van der Waals surface area contributed by atoms with Crippen LogP contribution in [0, 0.1) is 0 Å². The molecule has 2 aromatic rings. The van der Waals surface area contributed by atoms with Crippen molar-refractivity contribution in [2.45, 2.75) is 45.3 Å². The molecule has 0 spiro atoms. The van der Waals surface area contributed by atoms with Crippen molar-refractivity contribution in [2.75, 3.05) is 7.11 Å². The maximum atomic E-state index is 12.1. The Balaban J connectivity index is 1.51. The molecule has 1 atom stereocenters. The molecule has 25 heavy (non-hydrogen) atoms. The van der Waals surface area contributed by atoms with Crippen LogP contribution in [0.25, 0.3) is 0 Å². The molecule has 132 valence electrons. The summed E-state index contributed by atoms with van der Waals surface area (Å²) < 4.78 is 11.3. The van der Waals surface area contributed by atoms with Crippen molar-refractivity contribution < 1.29 is 14.3 Å². The molecule has 1 amide bonds. The monoisotopic (exact) mass is 340 g/mol. The zero-order chi connectivity index (χ0) is 17.6. The molecule has 0 unspecified atom stereocenters. The van der Waals surface area contributed by atoms with Gasteiger partial charge >= 0.3 is 0 Å².